The summed E-state index contributed by atoms with van der Waals surface area (Å²) >= 11 is 3.20. The molecule has 0 radical (unpaired) electrons. The summed E-state index contributed by atoms with van der Waals surface area (Å²) in [5.41, 5.74) is 1.75. The van der Waals surface area contributed by atoms with Crippen LogP contribution in [-0.4, -0.2) is 35.7 Å². The van der Waals surface area contributed by atoms with Crippen LogP contribution < -0.4 is 5.32 Å². The van der Waals surface area contributed by atoms with E-state index in [4.69, 9.17) is 5.11 Å². The van der Waals surface area contributed by atoms with Crippen molar-refractivity contribution in [2.45, 2.75) is 19.4 Å². The minimum absolute atomic E-state index is 0.0359. The number of thiophene rings is 1. The standard InChI is InChI=1S/C11H17NO2S2/c1-8-5-16-7-10(8)11(14)12-9(3-4-13)6-15-2/h5,7,9,13H,3-4,6H2,1-2H3,(H,12,14). The van der Waals surface area contributed by atoms with E-state index in [0.29, 0.717) is 6.42 Å². The quantitative estimate of drug-likeness (QED) is 0.820. The van der Waals surface area contributed by atoms with Gasteiger partial charge in [0.2, 0.25) is 0 Å². The van der Waals surface area contributed by atoms with Crippen molar-refractivity contribution in [1.29, 1.82) is 0 Å². The molecule has 1 unspecified atom stereocenters. The van der Waals surface area contributed by atoms with Crippen molar-refractivity contribution in [3.63, 3.8) is 0 Å². The van der Waals surface area contributed by atoms with Crippen molar-refractivity contribution < 1.29 is 9.90 Å². The van der Waals surface area contributed by atoms with Crippen LogP contribution in [0.1, 0.15) is 22.3 Å². The van der Waals surface area contributed by atoms with Gasteiger partial charge in [-0.15, -0.1) is 0 Å². The monoisotopic (exact) mass is 259 g/mol. The fourth-order valence-corrected chi connectivity index (χ4v) is 2.89. The number of hydrogen-bond acceptors (Lipinski definition) is 4. The van der Waals surface area contributed by atoms with Gasteiger partial charge in [0.05, 0.1) is 5.56 Å². The third kappa shape index (κ3) is 3.81. The second-order valence-electron chi connectivity index (χ2n) is 3.61. The Balaban J connectivity index is 2.58. The van der Waals surface area contributed by atoms with Gasteiger partial charge in [-0.1, -0.05) is 0 Å². The van der Waals surface area contributed by atoms with E-state index in [2.05, 4.69) is 5.32 Å². The summed E-state index contributed by atoms with van der Waals surface area (Å²) in [6.45, 7) is 2.04. The SMILES string of the molecule is CSCC(CCO)NC(=O)c1cscc1C. The molecule has 0 spiro atoms. The molecule has 0 saturated heterocycles. The molecule has 1 rings (SSSR count). The lowest BCUT2D eigenvalue weighted by atomic mass is 10.2. The first-order valence-electron chi connectivity index (χ1n) is 5.12. The summed E-state index contributed by atoms with van der Waals surface area (Å²) < 4.78 is 0. The van der Waals surface area contributed by atoms with Gasteiger partial charge < -0.3 is 10.4 Å². The number of aliphatic hydroxyl groups is 1. The van der Waals surface area contributed by atoms with E-state index in [-0.39, 0.29) is 18.6 Å². The molecule has 0 aliphatic carbocycles. The molecule has 5 heteroatoms. The molecule has 2 N–H and O–H groups in total. The third-order valence-electron chi connectivity index (χ3n) is 2.28. The molecule has 0 aromatic carbocycles. The molecule has 90 valence electrons. The molecule has 0 aliphatic rings. The first-order chi connectivity index (χ1) is 7.69. The first-order valence-corrected chi connectivity index (χ1v) is 7.46. The summed E-state index contributed by atoms with van der Waals surface area (Å²) in [6, 6.07) is 0.0480. The van der Waals surface area contributed by atoms with Gasteiger partial charge in [-0.25, -0.2) is 0 Å². The number of rotatable bonds is 6. The van der Waals surface area contributed by atoms with Crippen LogP contribution in [0, 0.1) is 6.92 Å². The van der Waals surface area contributed by atoms with Gasteiger partial charge >= 0.3 is 0 Å². The van der Waals surface area contributed by atoms with Crippen LogP contribution in [0.25, 0.3) is 0 Å². The predicted molar refractivity (Wildman–Crippen MR) is 70.4 cm³/mol. The molecule has 0 saturated carbocycles. The average Bonchev–Trinajstić information content (AvgIpc) is 2.65. The number of aryl methyl sites for hydroxylation is 1. The Bertz CT molecular complexity index is 332. The third-order valence-corrected chi connectivity index (χ3v) is 3.88. The van der Waals surface area contributed by atoms with Gasteiger partial charge in [-0.05, 0) is 30.5 Å². The highest BCUT2D eigenvalue weighted by atomic mass is 32.2. The number of carbonyl (C=O) groups is 1. The summed E-state index contributed by atoms with van der Waals surface area (Å²) in [5, 5.41) is 15.7. The van der Waals surface area contributed by atoms with Gasteiger partial charge in [-0.2, -0.15) is 23.1 Å². The summed E-state index contributed by atoms with van der Waals surface area (Å²) in [4.78, 5) is 11.9. The summed E-state index contributed by atoms with van der Waals surface area (Å²) in [6.07, 6.45) is 2.60. The topological polar surface area (TPSA) is 49.3 Å². The van der Waals surface area contributed by atoms with Crippen LogP contribution in [0.15, 0.2) is 10.8 Å². The van der Waals surface area contributed by atoms with Crippen LogP contribution in [0.2, 0.25) is 0 Å². The Morgan fingerprint density at radius 3 is 2.88 bits per heavy atom. The van der Waals surface area contributed by atoms with E-state index < -0.39 is 0 Å². The fraction of sp³-hybridized carbons (Fsp3) is 0.545. The zero-order chi connectivity index (χ0) is 12.0. The Hall–Kier alpha value is -0.520. The Morgan fingerprint density at radius 1 is 1.62 bits per heavy atom. The molecular weight excluding hydrogens is 242 g/mol. The van der Waals surface area contributed by atoms with E-state index in [1.165, 1.54) is 11.3 Å². The maximum atomic E-state index is 11.9. The molecule has 0 bridgehead atoms. The maximum Gasteiger partial charge on any atom is 0.252 e. The molecule has 16 heavy (non-hydrogen) atoms. The van der Waals surface area contributed by atoms with E-state index in [1.807, 2.05) is 23.9 Å². The van der Waals surface area contributed by atoms with Crippen molar-refractivity contribution in [2.24, 2.45) is 0 Å². The van der Waals surface area contributed by atoms with Crippen molar-refractivity contribution >= 4 is 29.0 Å². The lowest BCUT2D eigenvalue weighted by molar-refractivity contribution is 0.0935. The number of thioether (sulfide) groups is 1. The molecule has 1 aromatic rings. The normalized spacial score (nSPS) is 12.4. The van der Waals surface area contributed by atoms with Crippen LogP contribution in [-0.2, 0) is 0 Å². The van der Waals surface area contributed by atoms with E-state index in [0.717, 1.165) is 16.9 Å². The minimum Gasteiger partial charge on any atom is -0.396 e. The van der Waals surface area contributed by atoms with Gasteiger partial charge in [0, 0.05) is 23.8 Å². The second-order valence-corrected chi connectivity index (χ2v) is 5.26. The van der Waals surface area contributed by atoms with Crippen molar-refractivity contribution in [3.8, 4) is 0 Å². The number of nitrogens with one attached hydrogen (secondary N) is 1. The number of aliphatic hydroxyl groups excluding tert-OH is 1. The number of amides is 1. The molecule has 1 heterocycles. The lowest BCUT2D eigenvalue weighted by Gasteiger charge is -2.16. The Labute approximate surface area is 104 Å². The molecular formula is C11H17NO2S2. The average molecular weight is 259 g/mol. The van der Waals surface area contributed by atoms with E-state index >= 15 is 0 Å². The highest BCUT2D eigenvalue weighted by Gasteiger charge is 2.14. The highest BCUT2D eigenvalue weighted by molar-refractivity contribution is 7.98. The number of carbonyl (C=O) groups excluding carboxylic acids is 1. The maximum absolute atomic E-state index is 11.9. The zero-order valence-electron chi connectivity index (χ0n) is 9.53. The highest BCUT2D eigenvalue weighted by Crippen LogP contribution is 2.14. The van der Waals surface area contributed by atoms with Crippen molar-refractivity contribution in [3.05, 3.63) is 21.9 Å². The predicted octanol–water partition coefficient (Wildman–Crippen LogP) is 1.90. The minimum atomic E-state index is -0.0359. The number of hydrogen-bond donors (Lipinski definition) is 2. The smallest absolute Gasteiger partial charge is 0.252 e. The first kappa shape index (κ1) is 13.5. The van der Waals surface area contributed by atoms with Gasteiger partial charge in [0.25, 0.3) is 5.91 Å². The second kappa shape index (κ2) is 6.93. The largest absolute Gasteiger partial charge is 0.396 e. The van der Waals surface area contributed by atoms with E-state index in [1.54, 1.807) is 11.8 Å². The molecule has 0 aliphatic heterocycles. The lowest BCUT2D eigenvalue weighted by Crippen LogP contribution is -2.37. The van der Waals surface area contributed by atoms with Crippen LogP contribution in [0.5, 0.6) is 0 Å². The van der Waals surface area contributed by atoms with Crippen LogP contribution in [0.3, 0.4) is 0 Å². The molecule has 1 amide bonds. The summed E-state index contributed by atoms with van der Waals surface area (Å²) in [5.74, 6) is 0.793. The van der Waals surface area contributed by atoms with Gasteiger partial charge in [-0.3, -0.25) is 4.79 Å². The molecule has 1 aromatic heterocycles. The molecule has 0 fully saturated rings. The van der Waals surface area contributed by atoms with Crippen molar-refractivity contribution in [1.82, 2.24) is 5.32 Å². The van der Waals surface area contributed by atoms with Crippen molar-refractivity contribution in [2.75, 3.05) is 18.6 Å². The van der Waals surface area contributed by atoms with Gasteiger partial charge in [0.1, 0.15) is 0 Å². The summed E-state index contributed by atoms with van der Waals surface area (Å²) in [7, 11) is 0. The molecule has 3 nitrogen and oxygen atoms in total. The van der Waals surface area contributed by atoms with E-state index in [9.17, 15) is 4.79 Å². The Morgan fingerprint density at radius 2 is 2.38 bits per heavy atom. The van der Waals surface area contributed by atoms with Crippen LogP contribution in [0.4, 0.5) is 0 Å². The Kier molecular flexibility index (Phi) is 5.87. The van der Waals surface area contributed by atoms with Gasteiger partial charge in [0.15, 0.2) is 0 Å². The molecule has 1 atom stereocenters. The fourth-order valence-electron chi connectivity index (χ4n) is 1.41. The zero-order valence-corrected chi connectivity index (χ0v) is 11.2. The van der Waals surface area contributed by atoms with Crippen LogP contribution >= 0.6 is 23.1 Å².